The molecule has 3 unspecified atom stereocenters. The number of fused-ring (bicyclic) bond motifs is 1. The normalized spacial score (nSPS) is 31.6. The van der Waals surface area contributed by atoms with Gasteiger partial charge in [-0.15, -0.1) is 0 Å². The maximum absolute atomic E-state index is 13.8. The Hall–Kier alpha value is -2.67. The third kappa shape index (κ3) is 4.07. The topological polar surface area (TPSA) is 87.7 Å². The first kappa shape index (κ1) is 24.0. The Bertz CT molecular complexity index is 1050. The number of amides is 3. The quantitative estimate of drug-likeness (QED) is 0.585. The number of carbonyl (C=O) groups excluding carboxylic acids is 3. The minimum absolute atomic E-state index is 0.140. The highest BCUT2D eigenvalue weighted by atomic mass is 16.5. The van der Waals surface area contributed by atoms with Crippen LogP contribution in [-0.2, 0) is 19.1 Å². The molecule has 7 nitrogen and oxygen atoms in total. The fourth-order valence-electron chi connectivity index (χ4n) is 6.41. The van der Waals surface area contributed by atoms with E-state index in [9.17, 15) is 14.4 Å². The van der Waals surface area contributed by atoms with Crippen molar-refractivity contribution in [1.29, 1.82) is 0 Å². The van der Waals surface area contributed by atoms with Gasteiger partial charge < -0.3 is 20.3 Å². The SMILES string of the molecule is CCCCN1C(=O)[C@H]2C(C(=O)Nc3ccc(C)c(C)c3)[C@H]3C=CC2(O3)C1C(=O)NC1CCCCC1. The van der Waals surface area contributed by atoms with Crippen LogP contribution in [0.3, 0.4) is 0 Å². The fraction of sp³-hybridized carbons (Fsp3) is 0.607. The smallest absolute Gasteiger partial charge is 0.246 e. The van der Waals surface area contributed by atoms with Gasteiger partial charge in [0.05, 0.1) is 17.9 Å². The summed E-state index contributed by atoms with van der Waals surface area (Å²) in [5, 5.41) is 6.24. The first-order valence-corrected chi connectivity index (χ1v) is 13.2. The average molecular weight is 480 g/mol. The van der Waals surface area contributed by atoms with Crippen molar-refractivity contribution in [3.05, 3.63) is 41.5 Å². The molecule has 3 aliphatic heterocycles. The van der Waals surface area contributed by atoms with E-state index in [0.29, 0.717) is 12.2 Å². The minimum atomic E-state index is -1.08. The van der Waals surface area contributed by atoms with Crippen molar-refractivity contribution in [2.75, 3.05) is 11.9 Å². The molecular formula is C28H37N3O4. The fourth-order valence-corrected chi connectivity index (χ4v) is 6.41. The van der Waals surface area contributed by atoms with Crippen molar-refractivity contribution >= 4 is 23.4 Å². The summed E-state index contributed by atoms with van der Waals surface area (Å²) in [6.07, 6.45) is 10.3. The molecule has 7 heteroatoms. The maximum Gasteiger partial charge on any atom is 0.246 e. The number of benzene rings is 1. The number of likely N-dealkylation sites (tertiary alicyclic amines) is 1. The van der Waals surface area contributed by atoms with Crippen LogP contribution < -0.4 is 10.6 Å². The van der Waals surface area contributed by atoms with E-state index < -0.39 is 29.6 Å². The van der Waals surface area contributed by atoms with E-state index in [1.807, 2.05) is 44.2 Å². The van der Waals surface area contributed by atoms with Crippen molar-refractivity contribution in [2.45, 2.75) is 89.5 Å². The highest BCUT2D eigenvalue weighted by Crippen LogP contribution is 2.55. The molecule has 0 aromatic heterocycles. The number of hydrogen-bond acceptors (Lipinski definition) is 4. The van der Waals surface area contributed by atoms with Crippen LogP contribution in [0.5, 0.6) is 0 Å². The zero-order chi connectivity index (χ0) is 24.7. The first-order valence-electron chi connectivity index (χ1n) is 13.2. The molecule has 5 rings (SSSR count). The second-order valence-corrected chi connectivity index (χ2v) is 10.7. The van der Waals surface area contributed by atoms with Crippen LogP contribution in [0.25, 0.3) is 0 Å². The molecule has 1 spiro atoms. The number of nitrogens with zero attached hydrogens (tertiary/aromatic N) is 1. The van der Waals surface area contributed by atoms with Crippen LogP contribution in [-0.4, -0.2) is 53.0 Å². The predicted molar refractivity (Wildman–Crippen MR) is 134 cm³/mol. The van der Waals surface area contributed by atoms with Crippen molar-refractivity contribution in [3.8, 4) is 0 Å². The number of aryl methyl sites for hydroxylation is 2. The molecule has 3 fully saturated rings. The van der Waals surface area contributed by atoms with Gasteiger partial charge in [-0.1, -0.05) is 50.8 Å². The largest absolute Gasteiger partial charge is 0.359 e. The van der Waals surface area contributed by atoms with Gasteiger partial charge in [0, 0.05) is 18.3 Å². The molecule has 1 aromatic carbocycles. The van der Waals surface area contributed by atoms with Crippen LogP contribution in [0.1, 0.15) is 63.0 Å². The first-order chi connectivity index (χ1) is 16.9. The van der Waals surface area contributed by atoms with Crippen LogP contribution in [0.4, 0.5) is 5.69 Å². The molecule has 188 valence electrons. The number of ether oxygens (including phenoxy) is 1. The molecule has 5 atom stereocenters. The Labute approximate surface area is 207 Å². The Morgan fingerprint density at radius 1 is 1.11 bits per heavy atom. The predicted octanol–water partition coefficient (Wildman–Crippen LogP) is 3.64. The molecule has 0 radical (unpaired) electrons. The minimum Gasteiger partial charge on any atom is -0.359 e. The van der Waals surface area contributed by atoms with Gasteiger partial charge in [0.1, 0.15) is 11.6 Å². The Morgan fingerprint density at radius 3 is 2.60 bits per heavy atom. The van der Waals surface area contributed by atoms with E-state index in [1.54, 1.807) is 4.90 Å². The molecule has 35 heavy (non-hydrogen) atoms. The summed E-state index contributed by atoms with van der Waals surface area (Å²) in [5.74, 6) is -1.88. The second-order valence-electron chi connectivity index (χ2n) is 10.7. The van der Waals surface area contributed by atoms with E-state index in [1.165, 1.54) is 6.42 Å². The summed E-state index contributed by atoms with van der Waals surface area (Å²) in [6, 6.07) is 5.19. The molecule has 3 amide bonds. The maximum atomic E-state index is 13.8. The van der Waals surface area contributed by atoms with Crippen LogP contribution in [0.15, 0.2) is 30.4 Å². The van der Waals surface area contributed by atoms with Crippen molar-refractivity contribution in [3.63, 3.8) is 0 Å². The molecular weight excluding hydrogens is 442 g/mol. The molecule has 2 saturated heterocycles. The highest BCUT2D eigenvalue weighted by Gasteiger charge is 2.72. The summed E-state index contributed by atoms with van der Waals surface area (Å²) in [5.41, 5.74) is 1.86. The lowest BCUT2D eigenvalue weighted by molar-refractivity contribution is -0.141. The van der Waals surface area contributed by atoms with Gasteiger partial charge >= 0.3 is 0 Å². The van der Waals surface area contributed by atoms with Crippen molar-refractivity contribution < 1.29 is 19.1 Å². The van der Waals surface area contributed by atoms with Crippen LogP contribution in [0.2, 0.25) is 0 Å². The molecule has 3 heterocycles. The number of carbonyl (C=O) groups is 3. The molecule has 4 aliphatic rings. The monoisotopic (exact) mass is 479 g/mol. The number of unbranched alkanes of at least 4 members (excludes halogenated alkanes) is 1. The van der Waals surface area contributed by atoms with Gasteiger partial charge in [0.2, 0.25) is 17.7 Å². The second kappa shape index (κ2) is 9.41. The summed E-state index contributed by atoms with van der Waals surface area (Å²) in [7, 11) is 0. The third-order valence-corrected chi connectivity index (χ3v) is 8.40. The van der Waals surface area contributed by atoms with Gasteiger partial charge in [-0.3, -0.25) is 14.4 Å². The Balaban J connectivity index is 1.42. The summed E-state index contributed by atoms with van der Waals surface area (Å²) in [6.45, 7) is 6.59. The summed E-state index contributed by atoms with van der Waals surface area (Å²) in [4.78, 5) is 42.7. The van der Waals surface area contributed by atoms with Gasteiger partial charge in [-0.05, 0) is 56.4 Å². The van der Waals surface area contributed by atoms with Gasteiger partial charge in [0.15, 0.2) is 0 Å². The van der Waals surface area contributed by atoms with Gasteiger partial charge in [-0.2, -0.15) is 0 Å². The lowest BCUT2D eigenvalue weighted by Crippen LogP contribution is -2.56. The third-order valence-electron chi connectivity index (χ3n) is 8.40. The zero-order valence-corrected chi connectivity index (χ0v) is 21.0. The highest BCUT2D eigenvalue weighted by molar-refractivity contribution is 6.02. The number of rotatable bonds is 7. The lowest BCUT2D eigenvalue weighted by Gasteiger charge is -2.34. The molecule has 2 N–H and O–H groups in total. The van der Waals surface area contributed by atoms with Gasteiger partial charge in [0.25, 0.3) is 0 Å². The zero-order valence-electron chi connectivity index (χ0n) is 21.0. The number of hydrogen-bond donors (Lipinski definition) is 2. The van der Waals surface area contributed by atoms with E-state index in [0.717, 1.165) is 49.7 Å². The van der Waals surface area contributed by atoms with E-state index in [4.69, 9.17) is 4.74 Å². The van der Waals surface area contributed by atoms with Crippen LogP contribution in [0, 0.1) is 25.7 Å². The van der Waals surface area contributed by atoms with Gasteiger partial charge in [-0.25, -0.2) is 0 Å². The van der Waals surface area contributed by atoms with E-state index in [-0.39, 0.29) is 23.8 Å². The number of nitrogens with one attached hydrogen (secondary N) is 2. The Morgan fingerprint density at radius 2 is 1.89 bits per heavy atom. The standard InChI is InChI=1S/C28H37N3O4/c1-4-5-15-31-24(26(33)29-19-9-7-6-8-10-19)28-14-13-21(35-28)22(23(28)27(31)34)25(32)30-20-12-11-17(2)18(3)16-20/h11-14,16,19,21-24H,4-10,15H2,1-3H3,(H,29,33)(H,30,32)/t21-,22?,23-,24?,28?/m1/s1. The van der Waals surface area contributed by atoms with Crippen molar-refractivity contribution in [2.24, 2.45) is 11.8 Å². The Kier molecular flexibility index (Phi) is 6.47. The molecule has 2 bridgehead atoms. The van der Waals surface area contributed by atoms with E-state index >= 15 is 0 Å². The molecule has 1 aliphatic carbocycles. The lowest BCUT2D eigenvalue weighted by atomic mass is 9.74. The van der Waals surface area contributed by atoms with Crippen molar-refractivity contribution in [1.82, 2.24) is 10.2 Å². The average Bonchev–Trinajstić information content (AvgIpc) is 3.48. The summed E-state index contributed by atoms with van der Waals surface area (Å²) >= 11 is 0. The van der Waals surface area contributed by atoms with E-state index in [2.05, 4.69) is 17.6 Å². The molecule has 1 aromatic rings. The summed E-state index contributed by atoms with van der Waals surface area (Å²) < 4.78 is 6.41. The molecule has 1 saturated carbocycles. The van der Waals surface area contributed by atoms with Crippen LogP contribution >= 0.6 is 0 Å². The number of anilines is 1.